The first-order valence-electron chi connectivity index (χ1n) is 3.05. The zero-order chi connectivity index (χ0) is 10.6. The maximum atomic E-state index is 10.7. The second kappa shape index (κ2) is 12.0. The van der Waals surface area contributed by atoms with E-state index in [2.05, 4.69) is 4.52 Å². The number of likely N-dealkylation sites (N-methyl/N-ethyl adjacent to an activating group) is 1. The maximum absolute atomic E-state index is 10.7. The number of carbonyl (C=O) groups is 1. The fourth-order valence-electron chi connectivity index (χ4n) is 0.440. The van der Waals surface area contributed by atoms with Crippen molar-refractivity contribution >= 4 is 19.8 Å². The van der Waals surface area contributed by atoms with E-state index in [1.54, 1.807) is 0 Å². The number of nitrogens with one attached hydrogen (secondary N) is 1. The standard InChI is InChI=1S/C4H10N3O5P.3Na.3H/c1-7(4(5)6)2-3(8)12-13(9,10)11;;;;;;/h2H2,1H3,(H3,5,6)(H2,9,10,11);;;;;;/q;3*+1;3*-1. The third-order valence-electron chi connectivity index (χ3n) is 0.998. The second-order valence-electron chi connectivity index (χ2n) is 2.20. The molecule has 82 valence electrons. The average Bonchev–Trinajstić information content (AvgIpc) is 1.81. The Balaban J connectivity index is -0.0000000480. The van der Waals surface area contributed by atoms with E-state index in [-0.39, 0.29) is 93.0 Å². The van der Waals surface area contributed by atoms with Gasteiger partial charge in [0.2, 0.25) is 0 Å². The molecule has 5 N–H and O–H groups in total. The first-order chi connectivity index (χ1) is 5.72. The third kappa shape index (κ3) is 15.9. The van der Waals surface area contributed by atoms with Gasteiger partial charge in [0.15, 0.2) is 5.96 Å². The topological polar surface area (TPSA) is 137 Å². The monoisotopic (exact) mass is 283 g/mol. The summed E-state index contributed by atoms with van der Waals surface area (Å²) in [6, 6.07) is 0. The van der Waals surface area contributed by atoms with Crippen LogP contribution in [0.3, 0.4) is 0 Å². The molecule has 0 bridgehead atoms. The Morgan fingerprint density at radius 3 is 2.12 bits per heavy atom. The summed E-state index contributed by atoms with van der Waals surface area (Å²) in [6.45, 7) is -0.486. The Morgan fingerprint density at radius 2 is 1.88 bits per heavy atom. The number of nitrogens with zero attached hydrogens (tertiary/aromatic N) is 1. The predicted molar refractivity (Wildman–Crippen MR) is 46.0 cm³/mol. The van der Waals surface area contributed by atoms with Crippen molar-refractivity contribution in [2.45, 2.75) is 0 Å². The van der Waals surface area contributed by atoms with Gasteiger partial charge in [0.25, 0.3) is 0 Å². The molecule has 0 rings (SSSR count). The summed E-state index contributed by atoms with van der Waals surface area (Å²) in [5, 5.41) is 6.83. The SMILES string of the molecule is CN(CC(=O)OP(=O)(O)O)C(=N)N.[H-].[H-].[H-].[Na+].[Na+].[Na+]. The van der Waals surface area contributed by atoms with E-state index >= 15 is 0 Å². The molecule has 0 aromatic heterocycles. The van der Waals surface area contributed by atoms with E-state index in [1.807, 2.05) is 0 Å². The van der Waals surface area contributed by atoms with Crippen LogP contribution >= 0.6 is 7.82 Å². The van der Waals surface area contributed by atoms with E-state index in [0.29, 0.717) is 0 Å². The molecule has 0 amide bonds. The first kappa shape index (κ1) is 26.5. The Kier molecular flexibility index (Phi) is 19.8. The van der Waals surface area contributed by atoms with Crippen molar-refractivity contribution in [3.63, 3.8) is 0 Å². The van der Waals surface area contributed by atoms with Crippen molar-refractivity contribution in [2.24, 2.45) is 5.73 Å². The van der Waals surface area contributed by atoms with Crippen LogP contribution in [-0.2, 0) is 13.9 Å². The van der Waals surface area contributed by atoms with E-state index in [0.717, 1.165) is 4.90 Å². The van der Waals surface area contributed by atoms with E-state index < -0.39 is 26.3 Å². The third-order valence-corrected chi connectivity index (χ3v) is 1.44. The molecule has 0 aliphatic rings. The molecular weight excluding hydrogens is 270 g/mol. The molecule has 0 aliphatic heterocycles. The number of phosphoric acid groups is 1. The van der Waals surface area contributed by atoms with Gasteiger partial charge < -0.3 is 19.4 Å². The summed E-state index contributed by atoms with van der Waals surface area (Å²) in [4.78, 5) is 28.0. The molecule has 0 aliphatic carbocycles. The second-order valence-corrected chi connectivity index (χ2v) is 3.36. The predicted octanol–water partition coefficient (Wildman–Crippen LogP) is -10.2. The normalized spacial score (nSPS) is 8.69. The minimum Gasteiger partial charge on any atom is -1.00 e. The van der Waals surface area contributed by atoms with Gasteiger partial charge >= 0.3 is 102 Å². The molecule has 0 atom stereocenters. The molecule has 12 heteroatoms. The molecule has 0 aromatic carbocycles. The maximum Gasteiger partial charge on any atom is 1.00 e. The molecule has 0 radical (unpaired) electrons. The Bertz CT molecular complexity index is 284. The van der Waals surface area contributed by atoms with Crippen LogP contribution in [-0.4, -0.2) is 40.2 Å². The Morgan fingerprint density at radius 1 is 1.50 bits per heavy atom. The molecule has 0 fully saturated rings. The van der Waals surface area contributed by atoms with Gasteiger partial charge in [0.1, 0.15) is 6.54 Å². The van der Waals surface area contributed by atoms with Crippen LogP contribution in [0.1, 0.15) is 4.28 Å². The molecule has 0 unspecified atom stereocenters. The summed E-state index contributed by atoms with van der Waals surface area (Å²) in [6.07, 6.45) is 0. The van der Waals surface area contributed by atoms with Crippen LogP contribution in [0.2, 0.25) is 0 Å². The summed E-state index contributed by atoms with van der Waals surface area (Å²) < 4.78 is 13.8. The van der Waals surface area contributed by atoms with Crippen LogP contribution < -0.4 is 94.4 Å². The summed E-state index contributed by atoms with van der Waals surface area (Å²) in [5.41, 5.74) is 4.96. The minimum atomic E-state index is -4.80. The molecule has 0 saturated heterocycles. The molecule has 0 spiro atoms. The zero-order valence-corrected chi connectivity index (χ0v) is 16.7. The minimum absolute atomic E-state index is 0. The quantitative estimate of drug-likeness (QED) is 0.175. The van der Waals surface area contributed by atoms with Crippen molar-refractivity contribution in [3.05, 3.63) is 0 Å². The van der Waals surface area contributed by atoms with E-state index in [9.17, 15) is 9.36 Å². The number of guanidine groups is 1. The van der Waals surface area contributed by atoms with Crippen molar-refractivity contribution in [1.82, 2.24) is 4.90 Å². The van der Waals surface area contributed by atoms with Gasteiger partial charge in [-0.2, -0.15) is 0 Å². The fourth-order valence-corrected chi connectivity index (χ4v) is 0.763. The molecule has 8 nitrogen and oxygen atoms in total. The fraction of sp³-hybridized carbons (Fsp3) is 0.500. The Labute approximate surface area is 164 Å². The van der Waals surface area contributed by atoms with Gasteiger partial charge in [-0.05, 0) is 0 Å². The van der Waals surface area contributed by atoms with Gasteiger partial charge in [-0.25, -0.2) is 9.36 Å². The largest absolute Gasteiger partial charge is 1.00 e. The van der Waals surface area contributed by atoms with Gasteiger partial charge in [-0.3, -0.25) is 15.2 Å². The van der Waals surface area contributed by atoms with Gasteiger partial charge in [-0.15, -0.1) is 0 Å². The van der Waals surface area contributed by atoms with Crippen LogP contribution in [0.25, 0.3) is 0 Å². The number of nitrogens with two attached hydrogens (primary N) is 1. The summed E-state index contributed by atoms with van der Waals surface area (Å²) in [5.74, 6) is -1.55. The van der Waals surface area contributed by atoms with Crippen LogP contribution in [0, 0.1) is 5.41 Å². The summed E-state index contributed by atoms with van der Waals surface area (Å²) >= 11 is 0. The van der Waals surface area contributed by atoms with E-state index in [4.69, 9.17) is 20.9 Å². The average molecular weight is 283 g/mol. The summed E-state index contributed by atoms with van der Waals surface area (Å²) in [7, 11) is -3.49. The zero-order valence-electron chi connectivity index (χ0n) is 12.8. The number of hydrogen-bond donors (Lipinski definition) is 4. The van der Waals surface area contributed by atoms with Gasteiger partial charge in [-0.1, -0.05) is 0 Å². The van der Waals surface area contributed by atoms with Gasteiger partial charge in [0.05, 0.1) is 0 Å². The number of rotatable bonds is 3. The number of phosphoric ester groups is 1. The molecule has 16 heavy (non-hydrogen) atoms. The van der Waals surface area contributed by atoms with Crippen LogP contribution in [0.15, 0.2) is 0 Å². The van der Waals surface area contributed by atoms with Crippen molar-refractivity contribution in [2.75, 3.05) is 13.6 Å². The van der Waals surface area contributed by atoms with Gasteiger partial charge in [0, 0.05) is 7.05 Å². The Hall–Kier alpha value is 1.89. The number of carbonyl (C=O) groups excluding carboxylic acids is 1. The van der Waals surface area contributed by atoms with Crippen LogP contribution in [0.5, 0.6) is 0 Å². The van der Waals surface area contributed by atoms with Crippen molar-refractivity contribution in [1.29, 1.82) is 5.41 Å². The molecule has 0 aromatic rings. The first-order valence-corrected chi connectivity index (χ1v) is 4.58. The number of hydrogen-bond acceptors (Lipinski definition) is 4. The van der Waals surface area contributed by atoms with E-state index in [1.165, 1.54) is 7.05 Å². The van der Waals surface area contributed by atoms with Crippen molar-refractivity contribution < 1.29 is 117 Å². The smallest absolute Gasteiger partial charge is 1.00 e. The van der Waals surface area contributed by atoms with Crippen LogP contribution in [0.4, 0.5) is 0 Å². The molecule has 0 saturated carbocycles. The molecular formula is C4H13N3Na3O5P. The van der Waals surface area contributed by atoms with Crippen molar-refractivity contribution in [3.8, 4) is 0 Å². The molecule has 0 heterocycles.